The summed E-state index contributed by atoms with van der Waals surface area (Å²) in [5.74, 6) is 0. The van der Waals surface area contributed by atoms with Crippen LogP contribution in [0.3, 0.4) is 0 Å². The minimum absolute atomic E-state index is 0.796. The smallest absolute Gasteiger partial charge is 0.273 e. The molecule has 0 unspecified atom stereocenters. The van der Waals surface area contributed by atoms with Crippen LogP contribution in [0.25, 0.3) is 0 Å². The summed E-state index contributed by atoms with van der Waals surface area (Å²) in [7, 11) is -2.70. The summed E-state index contributed by atoms with van der Waals surface area (Å²) in [6, 6.07) is 47.7. The number of rotatable bonds is 7. The van der Waals surface area contributed by atoms with Gasteiger partial charge in [-0.05, 0) is 39.8 Å². The summed E-state index contributed by atoms with van der Waals surface area (Å²) in [4.78, 5) is 9.34. The minimum atomic E-state index is -2.70. The first kappa shape index (κ1) is 22.4. The third-order valence-electron chi connectivity index (χ3n) is 5.86. The van der Waals surface area contributed by atoms with Crippen LogP contribution in [0.4, 0.5) is 5.69 Å². The first-order valence-electron chi connectivity index (χ1n) is 11.6. The van der Waals surface area contributed by atoms with E-state index in [1.165, 1.54) is 15.6 Å². The molecule has 5 aromatic rings. The Morgan fingerprint density at radius 3 is 1.37 bits per heavy atom. The number of aliphatic imine (C=N–C) groups is 1. The van der Waals surface area contributed by atoms with Gasteiger partial charge in [-0.1, -0.05) is 115 Å². The van der Waals surface area contributed by atoms with E-state index >= 15 is 0 Å². The largest absolute Gasteiger partial charge is 0.310 e. The molecule has 0 fully saturated rings. The lowest BCUT2D eigenvalue weighted by atomic mass is 10.3. The van der Waals surface area contributed by atoms with Gasteiger partial charge in [0.25, 0.3) is 8.24 Å². The molecule has 0 saturated carbocycles. The molecule has 0 N–H and O–H groups in total. The summed E-state index contributed by atoms with van der Waals surface area (Å²) in [5.41, 5.74) is 2.50. The topological polar surface area (TPSA) is 37.6 Å². The lowest BCUT2D eigenvalue weighted by Gasteiger charge is -2.29. The summed E-state index contributed by atoms with van der Waals surface area (Å²) >= 11 is 0. The Hall–Kier alpha value is -4.41. The quantitative estimate of drug-likeness (QED) is 0.190. The van der Waals surface area contributed by atoms with Crippen molar-refractivity contribution in [3.05, 3.63) is 151 Å². The van der Waals surface area contributed by atoms with Gasteiger partial charge >= 0.3 is 0 Å². The highest BCUT2D eigenvalue weighted by atomic mass is 28.3. The van der Waals surface area contributed by atoms with E-state index in [-0.39, 0.29) is 0 Å². The number of hydrogen-bond donors (Lipinski definition) is 0. The zero-order chi connectivity index (χ0) is 23.8. The van der Waals surface area contributed by atoms with Gasteiger partial charge in [0.05, 0.1) is 23.3 Å². The number of hydrogen-bond acceptors (Lipinski definition) is 3. The van der Waals surface area contributed by atoms with Gasteiger partial charge in [-0.15, -0.1) is 0 Å². The number of pyridine rings is 1. The first-order chi connectivity index (χ1) is 17.3. The fourth-order valence-corrected chi connectivity index (χ4v) is 7.99. The van der Waals surface area contributed by atoms with Gasteiger partial charge in [0.2, 0.25) is 0 Å². The van der Waals surface area contributed by atoms with Crippen LogP contribution in [0.2, 0.25) is 0 Å². The Morgan fingerprint density at radius 2 is 0.886 bits per heavy atom. The Labute approximate surface area is 207 Å². The molecule has 0 aliphatic rings. The highest BCUT2D eigenvalue weighted by Gasteiger charge is 2.39. The molecule has 0 atom stereocenters. The Morgan fingerprint density at radius 1 is 0.457 bits per heavy atom. The van der Waals surface area contributed by atoms with E-state index in [9.17, 15) is 0 Å². The number of benzene rings is 4. The Kier molecular flexibility index (Phi) is 6.83. The van der Waals surface area contributed by atoms with E-state index in [1.807, 2.05) is 54.7 Å². The molecule has 0 amide bonds. The van der Waals surface area contributed by atoms with Gasteiger partial charge in [0.1, 0.15) is 0 Å². The Bertz CT molecular complexity index is 1320. The van der Waals surface area contributed by atoms with Crippen molar-refractivity contribution in [2.24, 2.45) is 9.65 Å². The summed E-state index contributed by atoms with van der Waals surface area (Å²) < 4.78 is 5.40. The monoisotopic (exact) mass is 467 g/mol. The third-order valence-corrected chi connectivity index (χ3v) is 9.88. The molecule has 0 aliphatic heterocycles. The molecule has 1 aromatic heterocycles. The van der Waals surface area contributed by atoms with Crippen LogP contribution in [0.1, 0.15) is 11.4 Å². The minimum Gasteiger partial charge on any atom is -0.310 e. The number of nitrogens with zero attached hydrogens (tertiary/aromatic N) is 3. The van der Waals surface area contributed by atoms with Gasteiger partial charge in [-0.2, -0.15) is 0 Å². The van der Waals surface area contributed by atoms with E-state index in [0.29, 0.717) is 0 Å². The summed E-state index contributed by atoms with van der Waals surface area (Å²) in [5, 5.41) is 3.70. The standard InChI is InChI=1S/C31H25N3Si/c1-5-14-26(15-6-1)32-24-27-16-13-17-28(34-27)25-33-35(29-18-7-2-8-19-29,30-20-9-3-10-21-30)31-22-11-4-12-23-31/h1-25H/b32-24?,33-25+. The average Bonchev–Trinajstić information content (AvgIpc) is 2.95. The maximum Gasteiger partial charge on any atom is 0.273 e. The number of aromatic nitrogens is 1. The fraction of sp³-hybridized carbons (Fsp3) is 0. The molecule has 168 valence electrons. The second kappa shape index (κ2) is 10.7. The first-order valence-corrected chi connectivity index (χ1v) is 13.6. The predicted molar refractivity (Wildman–Crippen MR) is 150 cm³/mol. The van der Waals surface area contributed by atoms with E-state index < -0.39 is 8.24 Å². The maximum atomic E-state index is 5.40. The van der Waals surface area contributed by atoms with Crippen molar-refractivity contribution >= 4 is 41.9 Å². The molecular formula is C31H25N3Si. The molecule has 0 saturated heterocycles. The SMILES string of the molecule is C(=Nc1ccccc1)c1cccc(/C=N/[Si](c2ccccc2)(c2ccccc2)c2ccccc2)n1. The molecule has 4 aromatic carbocycles. The van der Waals surface area contributed by atoms with Crippen molar-refractivity contribution in [2.45, 2.75) is 0 Å². The lowest BCUT2D eigenvalue weighted by Crippen LogP contribution is -2.66. The molecular weight excluding hydrogens is 442 g/mol. The van der Waals surface area contributed by atoms with E-state index in [2.05, 4.69) is 96.0 Å². The fourth-order valence-electron chi connectivity index (χ4n) is 4.19. The van der Waals surface area contributed by atoms with Gasteiger partial charge < -0.3 is 4.66 Å². The normalized spacial score (nSPS) is 11.8. The van der Waals surface area contributed by atoms with Crippen molar-refractivity contribution in [1.82, 2.24) is 4.98 Å². The van der Waals surface area contributed by atoms with Crippen LogP contribution < -0.4 is 15.6 Å². The Balaban J connectivity index is 1.60. The number of para-hydroxylation sites is 1. The van der Waals surface area contributed by atoms with E-state index in [0.717, 1.165) is 17.1 Å². The lowest BCUT2D eigenvalue weighted by molar-refractivity contribution is 1.28. The van der Waals surface area contributed by atoms with Crippen molar-refractivity contribution in [1.29, 1.82) is 0 Å². The van der Waals surface area contributed by atoms with Crippen LogP contribution in [-0.2, 0) is 0 Å². The zero-order valence-corrected chi connectivity index (χ0v) is 20.3. The average molecular weight is 468 g/mol. The molecule has 5 rings (SSSR count). The predicted octanol–water partition coefficient (Wildman–Crippen LogP) is 4.92. The van der Waals surface area contributed by atoms with Crippen molar-refractivity contribution in [3.8, 4) is 0 Å². The highest BCUT2D eigenvalue weighted by molar-refractivity contribution is 7.10. The maximum absolute atomic E-state index is 5.40. The molecule has 0 spiro atoms. The van der Waals surface area contributed by atoms with Crippen LogP contribution in [0, 0.1) is 0 Å². The van der Waals surface area contributed by atoms with Gasteiger partial charge in [-0.25, -0.2) is 4.98 Å². The van der Waals surface area contributed by atoms with Crippen molar-refractivity contribution in [2.75, 3.05) is 0 Å². The summed E-state index contributed by atoms with van der Waals surface area (Å²) in [6.45, 7) is 0. The van der Waals surface area contributed by atoms with Crippen molar-refractivity contribution < 1.29 is 0 Å². The second-order valence-corrected chi connectivity index (χ2v) is 11.6. The van der Waals surface area contributed by atoms with Crippen LogP contribution in [0.5, 0.6) is 0 Å². The van der Waals surface area contributed by atoms with Gasteiger partial charge in [0, 0.05) is 6.21 Å². The molecule has 0 aliphatic carbocycles. The van der Waals surface area contributed by atoms with Gasteiger partial charge in [-0.3, -0.25) is 4.99 Å². The molecule has 3 nitrogen and oxygen atoms in total. The van der Waals surface area contributed by atoms with E-state index in [1.54, 1.807) is 6.21 Å². The van der Waals surface area contributed by atoms with Crippen LogP contribution in [0.15, 0.2) is 149 Å². The summed E-state index contributed by atoms with van der Waals surface area (Å²) in [6.07, 6.45) is 3.72. The molecule has 0 radical (unpaired) electrons. The van der Waals surface area contributed by atoms with Crippen LogP contribution in [-0.4, -0.2) is 25.6 Å². The molecule has 1 heterocycles. The van der Waals surface area contributed by atoms with Gasteiger partial charge in [0.15, 0.2) is 0 Å². The van der Waals surface area contributed by atoms with Crippen molar-refractivity contribution in [3.63, 3.8) is 0 Å². The second-order valence-electron chi connectivity index (χ2n) is 8.15. The molecule has 0 bridgehead atoms. The van der Waals surface area contributed by atoms with E-state index in [4.69, 9.17) is 9.64 Å². The third kappa shape index (κ3) is 5.08. The zero-order valence-electron chi connectivity index (χ0n) is 19.3. The van der Waals surface area contributed by atoms with Crippen LogP contribution >= 0.6 is 0 Å². The highest BCUT2D eigenvalue weighted by Crippen LogP contribution is 2.11. The molecule has 4 heteroatoms. The molecule has 35 heavy (non-hydrogen) atoms.